The van der Waals surface area contributed by atoms with E-state index in [4.69, 9.17) is 80.6 Å². The van der Waals surface area contributed by atoms with E-state index in [9.17, 15) is 75.0 Å². The Labute approximate surface area is 611 Å². The normalized spacial score (nSPS) is 28.6. The zero-order valence-corrected chi connectivity index (χ0v) is 58.8. The average Bonchev–Trinajstić information content (AvgIpc) is 0.767. The lowest BCUT2D eigenvalue weighted by Gasteiger charge is -2.47. The summed E-state index contributed by atoms with van der Waals surface area (Å²) in [5.41, 5.74) is 8.00. The Balaban J connectivity index is 0.00000251. The van der Waals surface area contributed by atoms with Gasteiger partial charge in [-0.25, -0.2) is 4.79 Å². The van der Waals surface area contributed by atoms with E-state index in [0.717, 1.165) is 66.7 Å². The van der Waals surface area contributed by atoms with Crippen molar-refractivity contribution in [3.63, 3.8) is 0 Å². The smallest absolute Gasteiger partial charge is 0.394 e. The number of carbonyl (C=O) groups excluding carboxylic acids is 7. The second kappa shape index (κ2) is 32.8. The lowest BCUT2D eigenvalue weighted by Crippen LogP contribution is -2.64. The number of ether oxygens (including phenoxy) is 6. The van der Waals surface area contributed by atoms with E-state index in [-0.39, 0.29) is 46.2 Å². The highest BCUT2D eigenvalue weighted by atomic mass is 35.5. The number of amides is 7. The number of aliphatic carboxylic acids is 1. The number of aliphatic hydroxyl groups is 6. The summed E-state index contributed by atoms with van der Waals surface area (Å²) in [7, 11) is -3.19. The molecule has 0 aromatic heterocycles. The number of hydrogen-bond acceptors (Lipinski definition) is 27. The molecule has 11 bridgehead atoms. The number of likely N-dealkylation sites (N-methyl/N-ethyl adjacent to an activating group) is 1. The zero-order chi connectivity index (χ0) is 78.0. The largest absolute Gasteiger partial charge is 0.508 e. The number of aromatic hydroxyl groups is 3. The van der Waals surface area contributed by atoms with E-state index in [1.54, 1.807) is 0 Å². The van der Waals surface area contributed by atoms with Crippen LogP contribution < -0.4 is 62.9 Å². The summed E-state index contributed by atoms with van der Waals surface area (Å²) in [4.78, 5) is 117. The fraction of sp³-hybridized carbons (Fsp3) is 0.424. The number of rotatable bonds is 13. The standard InChI is InChI=1S/C66H75Cl2N9O24.H2O4S/c1-23(2)12-34(71-5)58(88)76-49-51(83)26-7-10-38(32(67)14-26)97-40-16-28-17-41(55(40)101-65-56(54(86)53(85)42(22-78)99-65)100-44-21-66(4,70)57(87)24(3)96-44)98-39-11-8-27(15-33(39)68)52(84)50-63(93)75-48(64(94)95)31-18-29(79)19-37(81)45(31)30-13-25(6-9-36(30)80)46(60(90)77-50)74-61(91)47(28)73-59(89)35(20-43(69)82)72-62(49)92;1-5(2,3)4/h6-11,13-19,23-24,34-35,42,44,46-54,56-57,65,71,78-81,83-87H,12,20-22,70H2,1-5H3,(H2,69,82)(H,72,92)(H,73,89)(H,74,91)(H,75,93)(H,76,88)(H,77,90)(H,94,95);(H2,1,2,3,4)/t24-,34+,35-,42+,44-,46+,47+,48-,49+,50-,51+,52+,53+,54-,56+,57+,65-,66-;/m0./s1. The molecule has 12 rings (SSSR count). The number of hydrogen-bond donors (Lipinski definition) is 21. The van der Waals surface area contributed by atoms with Gasteiger partial charge < -0.3 is 128 Å². The molecule has 0 unspecified atom stereocenters. The molecule has 574 valence electrons. The van der Waals surface area contributed by atoms with Crippen LogP contribution in [0.4, 0.5) is 0 Å². The molecular weight excluding hydrogens is 1470 g/mol. The SMILES string of the molecule is CN[C@H](CC(C)C)C(=O)N[C@H]1C(=O)N[C@@H](CC(N)=O)C(=O)N[C@H]2C(=O)N[C@H]3C(=O)N[C@H](C(=O)N[C@H](C(=O)O)c4cc(O)cc(O)c4-c4cc3ccc4O)[C@H](O)c3ccc(c(Cl)c3)Oc3cc2cc(c3O[C@@H]2O[C@H](CO)[C@@H](O)[C@H](O)[C@H]2O[C@H]2C[C@](C)(N)[C@H](O)[C@H](C)O2)Oc2ccc(cc2Cl)[C@H]1O.O=S(=O)(O)O. The lowest BCUT2D eigenvalue weighted by atomic mass is 9.86. The van der Waals surface area contributed by atoms with Crippen LogP contribution in [-0.4, -0.2) is 208 Å². The van der Waals surface area contributed by atoms with Gasteiger partial charge in [-0.2, -0.15) is 8.42 Å². The fourth-order valence-corrected chi connectivity index (χ4v) is 12.9. The van der Waals surface area contributed by atoms with Crippen LogP contribution in [0.5, 0.6) is 46.0 Å². The summed E-state index contributed by atoms with van der Waals surface area (Å²) in [6.45, 7) is 5.66. The number of benzene rings is 5. The van der Waals surface area contributed by atoms with E-state index < -0.39 is 248 Å². The molecule has 0 spiro atoms. The van der Waals surface area contributed by atoms with Gasteiger partial charge in [0.1, 0.15) is 89.5 Å². The van der Waals surface area contributed by atoms with Gasteiger partial charge in [-0.3, -0.25) is 42.7 Å². The van der Waals surface area contributed by atoms with Gasteiger partial charge >= 0.3 is 16.4 Å². The van der Waals surface area contributed by atoms with Crippen molar-refractivity contribution in [2.75, 3.05) is 13.7 Å². The number of carbonyl (C=O) groups is 8. The third-order valence-electron chi connectivity index (χ3n) is 17.8. The van der Waals surface area contributed by atoms with Crippen LogP contribution in [0, 0.1) is 5.92 Å². The fourth-order valence-electron chi connectivity index (χ4n) is 12.5. The number of halogens is 2. The topological polar surface area (TPSA) is 605 Å². The molecule has 7 aliphatic heterocycles. The number of phenols is 3. The number of nitrogens with one attached hydrogen (secondary N) is 7. The summed E-state index contributed by atoms with van der Waals surface area (Å²) >= 11 is 14.1. The number of phenolic OH excluding ortho intramolecular Hbond substituents is 3. The quantitative estimate of drug-likeness (QED) is 0.0658. The second-order valence-electron chi connectivity index (χ2n) is 26.2. The molecule has 0 radical (unpaired) electrons. The summed E-state index contributed by atoms with van der Waals surface area (Å²) in [6.07, 6.45) is -18.6. The minimum absolute atomic E-state index is 0.0975. The zero-order valence-electron chi connectivity index (χ0n) is 56.4. The summed E-state index contributed by atoms with van der Waals surface area (Å²) in [5.74, 6) is -16.0. The Hall–Kier alpha value is -9.33. The average molecular weight is 1550 g/mol. The van der Waals surface area contributed by atoms with E-state index >= 15 is 14.4 Å². The minimum atomic E-state index is -4.67. The highest BCUT2D eigenvalue weighted by molar-refractivity contribution is 7.79. The molecule has 5 aromatic rings. The van der Waals surface area contributed by atoms with Crippen molar-refractivity contribution < 1.29 is 135 Å². The van der Waals surface area contributed by atoms with Crippen LogP contribution in [0.2, 0.25) is 10.0 Å². The Morgan fingerprint density at radius 2 is 1.29 bits per heavy atom. The van der Waals surface area contributed by atoms with Crippen molar-refractivity contribution in [3.8, 4) is 57.1 Å². The summed E-state index contributed by atoms with van der Waals surface area (Å²) < 4.78 is 69.9. The van der Waals surface area contributed by atoms with Crippen molar-refractivity contribution in [2.24, 2.45) is 17.4 Å². The predicted molar refractivity (Wildman–Crippen MR) is 363 cm³/mol. The van der Waals surface area contributed by atoms with Crippen molar-refractivity contribution in [1.82, 2.24) is 37.2 Å². The molecule has 7 aliphatic rings. The second-order valence-corrected chi connectivity index (χ2v) is 27.9. The number of carboxylic acid groups (broad SMARTS) is 1. The number of primary amides is 1. The van der Waals surface area contributed by atoms with Crippen molar-refractivity contribution >= 4 is 80.9 Å². The van der Waals surface area contributed by atoms with E-state index in [0.29, 0.717) is 0 Å². The van der Waals surface area contributed by atoms with Gasteiger partial charge in [0.15, 0.2) is 29.9 Å². The van der Waals surface area contributed by atoms with Gasteiger partial charge in [0.05, 0.1) is 41.3 Å². The van der Waals surface area contributed by atoms with Crippen LogP contribution in [0.3, 0.4) is 0 Å². The summed E-state index contributed by atoms with van der Waals surface area (Å²) in [6, 6.07) is -0.679. The van der Waals surface area contributed by atoms with Crippen molar-refractivity contribution in [3.05, 3.63) is 117 Å². The molecule has 0 saturated carbocycles. The van der Waals surface area contributed by atoms with Crippen LogP contribution >= 0.6 is 23.2 Å². The predicted octanol–water partition coefficient (Wildman–Crippen LogP) is -0.547. The number of nitrogens with two attached hydrogens (primary N) is 2. The van der Waals surface area contributed by atoms with Gasteiger partial charge in [0.2, 0.25) is 53.4 Å². The first-order chi connectivity index (χ1) is 49.7. The molecule has 2 saturated heterocycles. The highest BCUT2D eigenvalue weighted by Gasteiger charge is 2.51. The third-order valence-corrected chi connectivity index (χ3v) is 18.4. The van der Waals surface area contributed by atoms with Gasteiger partial charge in [-0.15, -0.1) is 0 Å². The van der Waals surface area contributed by atoms with Gasteiger partial charge in [0.25, 0.3) is 0 Å². The van der Waals surface area contributed by atoms with Crippen molar-refractivity contribution in [1.29, 1.82) is 0 Å². The Kier molecular flexibility index (Phi) is 25.0. The maximum absolute atomic E-state index is 16.0. The van der Waals surface area contributed by atoms with E-state index in [1.165, 1.54) is 33.0 Å². The number of fused-ring (bicyclic) bond motifs is 15. The Morgan fingerprint density at radius 1 is 0.717 bits per heavy atom. The molecule has 37 nitrogen and oxygen atoms in total. The molecule has 7 amide bonds. The Morgan fingerprint density at radius 3 is 1.85 bits per heavy atom. The molecule has 40 heteroatoms. The number of carboxylic acids is 1. The third kappa shape index (κ3) is 18.4. The maximum atomic E-state index is 16.0. The van der Waals surface area contributed by atoms with Gasteiger partial charge in [-0.1, -0.05) is 55.2 Å². The molecular formula is C66H77Cl2N9O28S. The molecule has 18 atom stereocenters. The van der Waals surface area contributed by atoms with Crippen LogP contribution in [0.1, 0.15) is 105 Å². The maximum Gasteiger partial charge on any atom is 0.394 e. The van der Waals surface area contributed by atoms with Crippen LogP contribution in [0.25, 0.3) is 11.1 Å². The molecule has 7 heterocycles. The van der Waals surface area contributed by atoms with Crippen LogP contribution in [0.15, 0.2) is 78.9 Å². The van der Waals surface area contributed by atoms with Crippen LogP contribution in [-0.2, 0) is 63.0 Å². The summed E-state index contributed by atoms with van der Waals surface area (Å²) in [5, 5.41) is 131. The highest BCUT2D eigenvalue weighted by Crippen LogP contribution is 2.50. The van der Waals surface area contributed by atoms with Gasteiger partial charge in [-0.05, 0) is 110 Å². The number of aliphatic hydroxyl groups excluding tert-OH is 6. The van der Waals surface area contributed by atoms with E-state index in [2.05, 4.69) is 37.2 Å². The molecule has 2 fully saturated rings. The monoisotopic (exact) mass is 1550 g/mol. The first-order valence-electron chi connectivity index (χ1n) is 32.3. The molecule has 0 aliphatic carbocycles. The van der Waals surface area contributed by atoms with Crippen molar-refractivity contribution in [2.45, 2.75) is 156 Å². The first-order valence-corrected chi connectivity index (χ1v) is 34.5. The molecule has 106 heavy (non-hydrogen) atoms. The minimum Gasteiger partial charge on any atom is -0.508 e. The van der Waals surface area contributed by atoms with E-state index in [1.807, 2.05) is 13.8 Å². The van der Waals surface area contributed by atoms with Gasteiger partial charge in [0, 0.05) is 34.7 Å². The Bertz CT molecular complexity index is 4340. The molecule has 5 aromatic carbocycles. The molecule has 23 N–H and O–H groups in total. The first kappa shape index (κ1) is 80.8. The lowest BCUT2D eigenvalue weighted by molar-refractivity contribution is -0.333.